The highest BCUT2D eigenvalue weighted by atomic mass is 32.1. The van der Waals surface area contributed by atoms with E-state index in [-0.39, 0.29) is 5.91 Å². The lowest BCUT2D eigenvalue weighted by molar-refractivity contribution is 0.0305. The van der Waals surface area contributed by atoms with E-state index in [1.54, 1.807) is 11.3 Å². The van der Waals surface area contributed by atoms with E-state index in [4.69, 9.17) is 4.74 Å². The van der Waals surface area contributed by atoms with E-state index in [9.17, 15) is 4.79 Å². The number of nitrogens with zero attached hydrogens (tertiary/aromatic N) is 2. The Morgan fingerprint density at radius 2 is 1.76 bits per heavy atom. The summed E-state index contributed by atoms with van der Waals surface area (Å²) in [6.45, 7) is 5.73. The van der Waals surface area contributed by atoms with Gasteiger partial charge in [-0.1, -0.05) is 48.5 Å². The number of thiophene rings is 1. The zero-order valence-corrected chi connectivity index (χ0v) is 17.4. The van der Waals surface area contributed by atoms with Crippen molar-refractivity contribution in [2.75, 3.05) is 39.4 Å². The van der Waals surface area contributed by atoms with Gasteiger partial charge in [0.25, 0.3) is 5.91 Å². The van der Waals surface area contributed by atoms with Gasteiger partial charge in [0.15, 0.2) is 0 Å². The lowest BCUT2D eigenvalue weighted by atomic mass is 9.94. The molecule has 1 aromatic heterocycles. The predicted molar refractivity (Wildman–Crippen MR) is 118 cm³/mol. The monoisotopic (exact) mass is 406 g/mol. The van der Waals surface area contributed by atoms with Crippen LogP contribution in [-0.2, 0) is 11.3 Å². The SMILES string of the molecule is O=C(c1sc2ccccc2c1C1CCN(Cc2ccccc2)C1)N1CCOCC1. The Hall–Kier alpha value is -2.21. The minimum atomic E-state index is 0.186. The van der Waals surface area contributed by atoms with Crippen molar-refractivity contribution in [3.8, 4) is 0 Å². The second-order valence-corrected chi connectivity index (χ2v) is 9.00. The van der Waals surface area contributed by atoms with Gasteiger partial charge < -0.3 is 9.64 Å². The lowest BCUT2D eigenvalue weighted by Crippen LogP contribution is -2.40. The maximum absolute atomic E-state index is 13.4. The standard InChI is InChI=1S/C24H26N2O2S/c27-24(26-12-14-28-15-13-26)23-22(20-8-4-5-9-21(20)29-23)19-10-11-25(17-19)16-18-6-2-1-3-7-18/h1-9,19H,10-17H2. The molecule has 0 bridgehead atoms. The molecule has 2 aromatic carbocycles. The van der Waals surface area contributed by atoms with Crippen LogP contribution in [0.5, 0.6) is 0 Å². The molecular formula is C24H26N2O2S. The topological polar surface area (TPSA) is 32.8 Å². The Kier molecular flexibility index (Phi) is 5.36. The van der Waals surface area contributed by atoms with Gasteiger partial charge in [0.2, 0.25) is 0 Å². The lowest BCUT2D eigenvalue weighted by Gasteiger charge is -2.27. The van der Waals surface area contributed by atoms with Gasteiger partial charge in [-0.15, -0.1) is 11.3 Å². The fourth-order valence-corrected chi connectivity index (χ4v) is 5.85. The molecule has 2 fully saturated rings. The molecule has 29 heavy (non-hydrogen) atoms. The van der Waals surface area contributed by atoms with Crippen LogP contribution in [-0.4, -0.2) is 55.1 Å². The highest BCUT2D eigenvalue weighted by Crippen LogP contribution is 2.41. The van der Waals surface area contributed by atoms with Crippen LogP contribution in [0.2, 0.25) is 0 Å². The molecule has 2 saturated heterocycles. The first-order valence-corrected chi connectivity index (χ1v) is 11.3. The van der Waals surface area contributed by atoms with Crippen molar-refractivity contribution in [3.63, 3.8) is 0 Å². The quantitative estimate of drug-likeness (QED) is 0.645. The minimum Gasteiger partial charge on any atom is -0.378 e. The minimum absolute atomic E-state index is 0.186. The van der Waals surface area contributed by atoms with Gasteiger partial charge in [-0.25, -0.2) is 0 Å². The van der Waals surface area contributed by atoms with Gasteiger partial charge >= 0.3 is 0 Å². The van der Waals surface area contributed by atoms with Crippen molar-refractivity contribution in [2.45, 2.75) is 18.9 Å². The average molecular weight is 407 g/mol. The fraction of sp³-hybridized carbons (Fsp3) is 0.375. The van der Waals surface area contributed by atoms with Crippen LogP contribution >= 0.6 is 11.3 Å². The Bertz CT molecular complexity index is 995. The van der Waals surface area contributed by atoms with Crippen LogP contribution in [0.25, 0.3) is 10.1 Å². The second-order valence-electron chi connectivity index (χ2n) is 7.95. The maximum Gasteiger partial charge on any atom is 0.264 e. The molecular weight excluding hydrogens is 380 g/mol. The number of rotatable bonds is 4. The zero-order valence-electron chi connectivity index (χ0n) is 16.5. The number of morpholine rings is 1. The van der Waals surface area contributed by atoms with E-state index in [0.717, 1.165) is 30.9 Å². The normalized spacial score (nSPS) is 20.4. The van der Waals surface area contributed by atoms with E-state index in [1.807, 2.05) is 4.90 Å². The summed E-state index contributed by atoms with van der Waals surface area (Å²) >= 11 is 1.67. The van der Waals surface area contributed by atoms with Crippen molar-refractivity contribution >= 4 is 27.3 Å². The number of carbonyl (C=O) groups is 1. The second kappa shape index (κ2) is 8.27. The molecule has 0 aliphatic carbocycles. The molecule has 5 rings (SSSR count). The van der Waals surface area contributed by atoms with E-state index in [1.165, 1.54) is 21.2 Å². The molecule has 5 heteroatoms. The molecule has 3 aromatic rings. The van der Waals surface area contributed by atoms with Crippen molar-refractivity contribution in [2.24, 2.45) is 0 Å². The summed E-state index contributed by atoms with van der Waals surface area (Å²) in [7, 11) is 0. The molecule has 1 unspecified atom stereocenters. The van der Waals surface area contributed by atoms with Gasteiger partial charge in [-0.3, -0.25) is 9.69 Å². The Labute approximate surface area is 175 Å². The third kappa shape index (κ3) is 3.82. The highest BCUT2D eigenvalue weighted by Gasteiger charge is 2.32. The zero-order chi connectivity index (χ0) is 19.6. The predicted octanol–water partition coefficient (Wildman–Crippen LogP) is 4.36. The summed E-state index contributed by atoms with van der Waals surface area (Å²) in [6, 6.07) is 19.2. The summed E-state index contributed by atoms with van der Waals surface area (Å²) < 4.78 is 6.67. The molecule has 2 aliphatic heterocycles. The van der Waals surface area contributed by atoms with Crippen molar-refractivity contribution in [1.29, 1.82) is 0 Å². The number of fused-ring (bicyclic) bond motifs is 1. The molecule has 1 amide bonds. The Morgan fingerprint density at radius 3 is 2.59 bits per heavy atom. The van der Waals surface area contributed by atoms with Crippen LogP contribution in [0.15, 0.2) is 54.6 Å². The summed E-state index contributed by atoms with van der Waals surface area (Å²) in [6.07, 6.45) is 1.11. The Morgan fingerprint density at radius 1 is 1.00 bits per heavy atom. The fourth-order valence-electron chi connectivity index (χ4n) is 4.59. The van der Waals surface area contributed by atoms with Gasteiger partial charge in [0.1, 0.15) is 0 Å². The number of amides is 1. The maximum atomic E-state index is 13.4. The van der Waals surface area contributed by atoms with Crippen LogP contribution in [0.4, 0.5) is 0 Å². The molecule has 0 N–H and O–H groups in total. The number of hydrogen-bond acceptors (Lipinski definition) is 4. The first kappa shape index (κ1) is 18.8. The third-order valence-corrected chi connectivity index (χ3v) is 7.23. The summed E-state index contributed by atoms with van der Waals surface area (Å²) in [5.74, 6) is 0.598. The average Bonchev–Trinajstić information content (AvgIpc) is 3.38. The first-order chi connectivity index (χ1) is 14.3. The molecule has 0 spiro atoms. The van der Waals surface area contributed by atoms with Crippen LogP contribution in [0, 0.1) is 0 Å². The van der Waals surface area contributed by atoms with Crippen LogP contribution in [0.1, 0.15) is 33.1 Å². The molecule has 1 atom stereocenters. The summed E-state index contributed by atoms with van der Waals surface area (Å²) in [5, 5.41) is 1.26. The summed E-state index contributed by atoms with van der Waals surface area (Å²) in [4.78, 5) is 18.8. The highest BCUT2D eigenvalue weighted by molar-refractivity contribution is 7.21. The van der Waals surface area contributed by atoms with Gasteiger partial charge in [0.05, 0.1) is 18.1 Å². The van der Waals surface area contributed by atoms with E-state index in [0.29, 0.717) is 32.2 Å². The van der Waals surface area contributed by atoms with Crippen LogP contribution in [0.3, 0.4) is 0 Å². The largest absolute Gasteiger partial charge is 0.378 e. The van der Waals surface area contributed by atoms with Crippen molar-refractivity contribution in [1.82, 2.24) is 9.80 Å². The van der Waals surface area contributed by atoms with Gasteiger partial charge in [-0.05, 0) is 35.5 Å². The number of hydrogen-bond donors (Lipinski definition) is 0. The number of ether oxygens (including phenoxy) is 1. The molecule has 4 nitrogen and oxygen atoms in total. The van der Waals surface area contributed by atoms with Gasteiger partial charge in [-0.2, -0.15) is 0 Å². The molecule has 0 radical (unpaired) electrons. The summed E-state index contributed by atoms with van der Waals surface area (Å²) in [5.41, 5.74) is 2.63. The molecule has 0 saturated carbocycles. The van der Waals surface area contributed by atoms with E-state index in [2.05, 4.69) is 59.5 Å². The van der Waals surface area contributed by atoms with Crippen molar-refractivity contribution in [3.05, 3.63) is 70.6 Å². The van der Waals surface area contributed by atoms with E-state index >= 15 is 0 Å². The third-order valence-electron chi connectivity index (χ3n) is 6.06. The molecule has 2 aliphatic rings. The van der Waals surface area contributed by atoms with Gasteiger partial charge in [0, 0.05) is 36.8 Å². The van der Waals surface area contributed by atoms with Crippen LogP contribution < -0.4 is 0 Å². The molecule has 150 valence electrons. The van der Waals surface area contributed by atoms with Crippen molar-refractivity contribution < 1.29 is 9.53 Å². The Balaban J connectivity index is 1.43. The number of carbonyl (C=O) groups excluding carboxylic acids is 1. The number of likely N-dealkylation sites (tertiary alicyclic amines) is 1. The smallest absolute Gasteiger partial charge is 0.264 e. The first-order valence-electron chi connectivity index (χ1n) is 10.4. The number of benzene rings is 2. The van der Waals surface area contributed by atoms with E-state index < -0.39 is 0 Å². The molecule has 3 heterocycles.